The van der Waals surface area contributed by atoms with Crippen LogP contribution in [0, 0.1) is 5.82 Å². The lowest BCUT2D eigenvalue weighted by Gasteiger charge is -2.54. The molecule has 2 fully saturated rings. The minimum Gasteiger partial charge on any atom is -0.493 e. The fourth-order valence-corrected chi connectivity index (χ4v) is 5.20. The van der Waals surface area contributed by atoms with Gasteiger partial charge in [-0.25, -0.2) is 19.2 Å². The van der Waals surface area contributed by atoms with Crippen molar-refractivity contribution in [1.29, 1.82) is 0 Å². The molecule has 2 saturated heterocycles. The summed E-state index contributed by atoms with van der Waals surface area (Å²) in [6.07, 6.45) is -0.803. The van der Waals surface area contributed by atoms with Crippen LogP contribution >= 0.6 is 0 Å². The fraction of sp³-hybridized carbons (Fsp3) is 0.429. The summed E-state index contributed by atoms with van der Waals surface area (Å²) < 4.78 is 24.0. The Morgan fingerprint density at radius 2 is 1.73 bits per heavy atom. The highest BCUT2D eigenvalue weighted by Crippen LogP contribution is 2.30. The van der Waals surface area contributed by atoms with Gasteiger partial charge in [0.1, 0.15) is 18.0 Å². The van der Waals surface area contributed by atoms with Crippen LogP contribution in [0.1, 0.15) is 24.0 Å². The summed E-state index contributed by atoms with van der Waals surface area (Å²) in [5, 5.41) is 15.0. The van der Waals surface area contributed by atoms with Crippen molar-refractivity contribution in [3.05, 3.63) is 59.4 Å². The predicted molar refractivity (Wildman–Crippen MR) is 144 cm³/mol. The molecule has 4 amide bonds. The number of carboxylic acids is 1. The summed E-state index contributed by atoms with van der Waals surface area (Å²) in [7, 11) is 4.67. The summed E-state index contributed by atoms with van der Waals surface area (Å²) in [4.78, 5) is 54.5. The summed E-state index contributed by atoms with van der Waals surface area (Å²) in [5.41, 5.74) is 1.56. The molecule has 2 atom stereocenters. The number of urea groups is 1. The molecule has 2 N–H and O–H groups in total. The van der Waals surface area contributed by atoms with Gasteiger partial charge in [0.25, 0.3) is 0 Å². The number of likely N-dealkylation sites (N-methyl/N-ethyl adjacent to an activating group) is 1. The first-order chi connectivity index (χ1) is 19.6. The number of hydrazine groups is 1. The van der Waals surface area contributed by atoms with Crippen molar-refractivity contribution in [2.45, 2.75) is 38.0 Å². The van der Waals surface area contributed by atoms with Gasteiger partial charge in [-0.2, -0.15) is 0 Å². The van der Waals surface area contributed by atoms with Crippen LogP contribution in [0.5, 0.6) is 11.5 Å². The van der Waals surface area contributed by atoms with Crippen LogP contribution in [-0.2, 0) is 27.3 Å². The minimum absolute atomic E-state index is 0.0374. The lowest BCUT2D eigenvalue weighted by Crippen LogP contribution is -2.76. The smallest absolute Gasteiger partial charge is 0.334 e. The molecule has 13 heteroatoms. The predicted octanol–water partition coefficient (Wildman–Crippen LogP) is 1.69. The maximum Gasteiger partial charge on any atom is 0.334 e. The van der Waals surface area contributed by atoms with E-state index in [1.54, 1.807) is 30.1 Å². The Hall–Kier alpha value is -4.39. The number of hydrogen-bond donors (Lipinski definition) is 2. The van der Waals surface area contributed by atoms with Crippen LogP contribution in [0.15, 0.2) is 42.5 Å². The molecule has 12 nitrogen and oxygen atoms in total. The second-order valence-corrected chi connectivity index (χ2v) is 9.90. The van der Waals surface area contributed by atoms with Crippen LogP contribution in [0.3, 0.4) is 0 Å². The van der Waals surface area contributed by atoms with Crippen LogP contribution in [0.25, 0.3) is 0 Å². The van der Waals surface area contributed by atoms with Crippen molar-refractivity contribution in [2.75, 3.05) is 40.9 Å². The molecule has 2 aromatic carbocycles. The minimum atomic E-state index is -1.09. The zero-order chi connectivity index (χ0) is 29.7. The van der Waals surface area contributed by atoms with E-state index in [1.807, 2.05) is 12.1 Å². The molecular weight excluding hydrogens is 537 g/mol. The average molecular weight is 572 g/mol. The van der Waals surface area contributed by atoms with Gasteiger partial charge in [-0.15, -0.1) is 0 Å². The van der Waals surface area contributed by atoms with E-state index >= 15 is 0 Å². The van der Waals surface area contributed by atoms with Crippen LogP contribution in [-0.4, -0.2) is 102 Å². The number of halogens is 1. The van der Waals surface area contributed by atoms with E-state index in [0.717, 1.165) is 5.56 Å². The molecule has 220 valence electrons. The highest BCUT2D eigenvalue weighted by molar-refractivity contribution is 5.91. The number of nitrogens with zero attached hydrogens (tertiary/aromatic N) is 4. The molecule has 0 spiro atoms. The number of amides is 4. The van der Waals surface area contributed by atoms with Gasteiger partial charge in [-0.3, -0.25) is 14.4 Å². The third kappa shape index (κ3) is 6.68. The van der Waals surface area contributed by atoms with E-state index in [-0.39, 0.29) is 50.8 Å². The molecule has 2 aliphatic rings. The lowest BCUT2D eigenvalue weighted by molar-refractivity contribution is -0.187. The van der Waals surface area contributed by atoms with Crippen molar-refractivity contribution < 1.29 is 38.1 Å². The second-order valence-electron chi connectivity index (χ2n) is 9.90. The van der Waals surface area contributed by atoms with Crippen molar-refractivity contribution in [2.24, 2.45) is 0 Å². The summed E-state index contributed by atoms with van der Waals surface area (Å²) in [5.74, 6) is -1.11. The Balaban J connectivity index is 1.57. The Bertz CT molecular complexity index is 1290. The zero-order valence-electron chi connectivity index (χ0n) is 23.2. The van der Waals surface area contributed by atoms with Crippen molar-refractivity contribution >= 4 is 23.8 Å². The van der Waals surface area contributed by atoms with Gasteiger partial charge in [-0.05, 0) is 48.2 Å². The summed E-state index contributed by atoms with van der Waals surface area (Å²) in [6, 6.07) is 9.60. The first-order valence-electron chi connectivity index (χ1n) is 13.2. The molecule has 0 saturated carbocycles. The molecular formula is C28H34FN5O7. The monoisotopic (exact) mass is 571 g/mol. The number of fused-ring (bicyclic) bond motifs is 1. The third-order valence-corrected chi connectivity index (χ3v) is 7.25. The van der Waals surface area contributed by atoms with E-state index < -0.39 is 30.0 Å². The van der Waals surface area contributed by atoms with Crippen LogP contribution < -0.4 is 14.8 Å². The molecule has 2 heterocycles. The van der Waals surface area contributed by atoms with Crippen molar-refractivity contribution in [3.63, 3.8) is 0 Å². The maximum absolute atomic E-state index is 13.6. The van der Waals surface area contributed by atoms with Crippen LogP contribution in [0.4, 0.5) is 9.18 Å². The topological polar surface area (TPSA) is 132 Å². The Morgan fingerprint density at radius 1 is 1.05 bits per heavy atom. The molecule has 0 bridgehead atoms. The molecule has 0 aromatic heterocycles. The Labute approximate surface area is 237 Å². The van der Waals surface area contributed by atoms with E-state index in [9.17, 15) is 28.7 Å². The molecule has 2 aromatic rings. The van der Waals surface area contributed by atoms with E-state index in [1.165, 1.54) is 41.3 Å². The summed E-state index contributed by atoms with van der Waals surface area (Å²) in [6.45, 7) is 0.262. The number of nitrogens with one attached hydrogen (secondary N) is 1. The van der Waals surface area contributed by atoms with Gasteiger partial charge in [-0.1, -0.05) is 18.2 Å². The lowest BCUT2D eigenvalue weighted by atomic mass is 10.0. The van der Waals surface area contributed by atoms with Gasteiger partial charge < -0.3 is 29.7 Å². The van der Waals surface area contributed by atoms with Gasteiger partial charge >= 0.3 is 12.0 Å². The molecule has 2 aliphatic heterocycles. The molecule has 0 radical (unpaired) electrons. The van der Waals surface area contributed by atoms with Crippen LogP contribution in [0.2, 0.25) is 0 Å². The zero-order valence-corrected chi connectivity index (χ0v) is 23.2. The second kappa shape index (κ2) is 12.9. The van der Waals surface area contributed by atoms with Crippen molar-refractivity contribution in [1.82, 2.24) is 25.1 Å². The number of rotatable bonds is 10. The fourth-order valence-electron chi connectivity index (χ4n) is 5.20. The Morgan fingerprint density at radius 3 is 2.39 bits per heavy atom. The Kier molecular flexibility index (Phi) is 9.28. The van der Waals surface area contributed by atoms with Gasteiger partial charge in [0, 0.05) is 26.6 Å². The van der Waals surface area contributed by atoms with E-state index in [0.29, 0.717) is 23.5 Å². The SMILES string of the molecule is COc1ccc(CCN2C[C@H]3N(C(=O)CN(C)N3C(=O)NCc3ccc(F)cc3)[C@@H](CCC(=O)O)C2=O)cc1OC. The number of carbonyl (C=O) groups is 4. The largest absolute Gasteiger partial charge is 0.493 e. The van der Waals surface area contributed by atoms with Gasteiger partial charge in [0.05, 0.1) is 27.3 Å². The third-order valence-electron chi connectivity index (χ3n) is 7.25. The average Bonchev–Trinajstić information content (AvgIpc) is 2.95. The number of piperazine rings is 1. The first kappa shape index (κ1) is 29.6. The molecule has 41 heavy (non-hydrogen) atoms. The maximum atomic E-state index is 13.6. The van der Waals surface area contributed by atoms with E-state index in [2.05, 4.69) is 5.32 Å². The van der Waals surface area contributed by atoms with Crippen molar-refractivity contribution in [3.8, 4) is 11.5 Å². The standard InChI is InChI=1S/C28H34FN5O7/c1-31-17-25(35)33-21(9-11-26(36)37)27(38)32(13-12-18-6-10-22(40-2)23(14-18)41-3)16-24(33)34(31)28(39)30-15-19-4-7-20(29)8-5-19/h4-8,10,14,21,24H,9,11-13,15-17H2,1-3H3,(H,30,39)(H,36,37)/t21-,24-/m0/s1. The van der Waals surface area contributed by atoms with Gasteiger partial charge in [0.15, 0.2) is 11.5 Å². The number of benzene rings is 2. The number of methoxy groups -OCH3 is 2. The van der Waals surface area contributed by atoms with Gasteiger partial charge in [0.2, 0.25) is 11.8 Å². The summed E-state index contributed by atoms with van der Waals surface area (Å²) >= 11 is 0. The van der Waals surface area contributed by atoms with E-state index in [4.69, 9.17) is 9.47 Å². The number of carbonyl (C=O) groups excluding carboxylic acids is 3. The first-order valence-corrected chi connectivity index (χ1v) is 13.2. The number of ether oxygens (including phenoxy) is 2. The highest BCUT2D eigenvalue weighted by atomic mass is 19.1. The number of hydrogen-bond acceptors (Lipinski definition) is 7. The normalized spacial score (nSPS) is 19.2. The molecule has 0 aliphatic carbocycles. The number of carboxylic acid groups (broad SMARTS) is 1. The molecule has 4 rings (SSSR count). The highest BCUT2D eigenvalue weighted by Gasteiger charge is 2.50. The number of aliphatic carboxylic acids is 1. The quantitative estimate of drug-likeness (QED) is 0.441. The molecule has 0 unspecified atom stereocenters.